The highest BCUT2D eigenvalue weighted by Crippen LogP contribution is 2.09. The van der Waals surface area contributed by atoms with E-state index in [9.17, 15) is 4.39 Å². The molecule has 1 aromatic carbocycles. The second-order valence-electron chi connectivity index (χ2n) is 3.98. The van der Waals surface area contributed by atoms with Crippen LogP contribution in [0.1, 0.15) is 37.8 Å². The lowest BCUT2D eigenvalue weighted by Gasteiger charge is -2.14. The number of nitrogens with one attached hydrogen (secondary N) is 1. The molecule has 15 heavy (non-hydrogen) atoms. The van der Waals surface area contributed by atoms with E-state index in [2.05, 4.69) is 19.2 Å². The van der Waals surface area contributed by atoms with Gasteiger partial charge in [0.15, 0.2) is 0 Å². The van der Waals surface area contributed by atoms with E-state index in [1.807, 2.05) is 12.1 Å². The van der Waals surface area contributed by atoms with E-state index in [0.29, 0.717) is 11.6 Å². The Labute approximate surface area is 91.7 Å². The maximum Gasteiger partial charge on any atom is 0.126 e. The van der Waals surface area contributed by atoms with Crippen molar-refractivity contribution in [1.82, 2.24) is 5.32 Å². The second-order valence-corrected chi connectivity index (χ2v) is 3.98. The zero-order valence-corrected chi connectivity index (χ0v) is 9.81. The van der Waals surface area contributed by atoms with Crippen molar-refractivity contribution in [2.75, 3.05) is 0 Å². The quantitative estimate of drug-likeness (QED) is 0.783. The molecule has 0 spiro atoms. The van der Waals surface area contributed by atoms with Crippen LogP contribution < -0.4 is 5.32 Å². The van der Waals surface area contributed by atoms with Gasteiger partial charge in [0.05, 0.1) is 0 Å². The Bertz CT molecular complexity index is 305. The van der Waals surface area contributed by atoms with Gasteiger partial charge in [-0.1, -0.05) is 26.0 Å². The van der Waals surface area contributed by atoms with Crippen LogP contribution in [-0.2, 0) is 6.54 Å². The van der Waals surface area contributed by atoms with Gasteiger partial charge in [-0.25, -0.2) is 4.39 Å². The second kappa shape index (κ2) is 5.86. The van der Waals surface area contributed by atoms with Gasteiger partial charge in [-0.2, -0.15) is 0 Å². The SMILES string of the molecule is CCC(CC)NCc1ccc(C)c(F)c1. The van der Waals surface area contributed by atoms with Gasteiger partial charge in [-0.15, -0.1) is 0 Å². The lowest BCUT2D eigenvalue weighted by atomic mass is 10.1. The van der Waals surface area contributed by atoms with Crippen molar-refractivity contribution in [3.8, 4) is 0 Å². The molecule has 0 aromatic heterocycles. The molecule has 1 aromatic rings. The van der Waals surface area contributed by atoms with Gasteiger partial charge >= 0.3 is 0 Å². The monoisotopic (exact) mass is 209 g/mol. The van der Waals surface area contributed by atoms with Crippen LogP contribution in [0.4, 0.5) is 4.39 Å². The van der Waals surface area contributed by atoms with Gasteiger partial charge in [0.2, 0.25) is 0 Å². The smallest absolute Gasteiger partial charge is 0.126 e. The first-order chi connectivity index (χ1) is 7.17. The molecular formula is C13H20FN. The number of halogens is 1. The topological polar surface area (TPSA) is 12.0 Å². The number of hydrogen-bond donors (Lipinski definition) is 1. The van der Waals surface area contributed by atoms with Crippen molar-refractivity contribution in [1.29, 1.82) is 0 Å². The normalized spacial score (nSPS) is 11.0. The third-order valence-electron chi connectivity index (χ3n) is 2.82. The van der Waals surface area contributed by atoms with Crippen LogP contribution in [0.25, 0.3) is 0 Å². The van der Waals surface area contributed by atoms with Gasteiger partial charge in [0.1, 0.15) is 5.82 Å². The van der Waals surface area contributed by atoms with Crippen molar-refractivity contribution in [2.45, 2.75) is 46.2 Å². The average Bonchev–Trinajstić information content (AvgIpc) is 2.24. The van der Waals surface area contributed by atoms with E-state index in [1.54, 1.807) is 13.0 Å². The molecule has 0 aliphatic carbocycles. The summed E-state index contributed by atoms with van der Waals surface area (Å²) in [5.41, 5.74) is 1.73. The molecule has 1 rings (SSSR count). The van der Waals surface area contributed by atoms with Crippen LogP contribution in [0.2, 0.25) is 0 Å². The minimum absolute atomic E-state index is 0.112. The Morgan fingerprint density at radius 3 is 2.47 bits per heavy atom. The summed E-state index contributed by atoms with van der Waals surface area (Å²) in [6.45, 7) is 6.87. The Hall–Kier alpha value is -0.890. The molecule has 2 heteroatoms. The van der Waals surface area contributed by atoms with Crippen molar-refractivity contribution < 1.29 is 4.39 Å². The van der Waals surface area contributed by atoms with E-state index >= 15 is 0 Å². The standard InChI is InChI=1S/C13H20FN/c1-4-12(5-2)15-9-11-7-6-10(3)13(14)8-11/h6-8,12,15H,4-5,9H2,1-3H3. The molecule has 84 valence electrons. The maximum atomic E-state index is 13.2. The fourth-order valence-corrected chi connectivity index (χ4v) is 1.59. The fourth-order valence-electron chi connectivity index (χ4n) is 1.59. The molecule has 0 saturated carbocycles. The number of benzene rings is 1. The summed E-state index contributed by atoms with van der Waals surface area (Å²) in [5.74, 6) is -0.112. The summed E-state index contributed by atoms with van der Waals surface area (Å²) >= 11 is 0. The van der Waals surface area contributed by atoms with Crippen LogP contribution in [0.15, 0.2) is 18.2 Å². The van der Waals surface area contributed by atoms with E-state index in [0.717, 1.165) is 24.9 Å². The summed E-state index contributed by atoms with van der Waals surface area (Å²) in [5, 5.41) is 3.42. The van der Waals surface area contributed by atoms with E-state index in [4.69, 9.17) is 0 Å². The summed E-state index contributed by atoms with van der Waals surface area (Å²) in [6, 6.07) is 5.96. The van der Waals surface area contributed by atoms with Crippen LogP contribution in [0.3, 0.4) is 0 Å². The fraction of sp³-hybridized carbons (Fsp3) is 0.538. The predicted octanol–water partition coefficient (Wildman–Crippen LogP) is 3.41. The largest absolute Gasteiger partial charge is 0.310 e. The molecule has 1 N–H and O–H groups in total. The van der Waals surface area contributed by atoms with Gasteiger partial charge < -0.3 is 5.32 Å². The molecule has 0 saturated heterocycles. The third kappa shape index (κ3) is 3.63. The Morgan fingerprint density at radius 1 is 1.27 bits per heavy atom. The molecule has 0 aliphatic rings. The highest BCUT2D eigenvalue weighted by Gasteiger charge is 2.03. The Balaban J connectivity index is 2.54. The first kappa shape index (κ1) is 12.2. The summed E-state index contributed by atoms with van der Waals surface area (Å²) in [6.07, 6.45) is 2.23. The highest BCUT2D eigenvalue weighted by molar-refractivity contribution is 5.23. The number of rotatable bonds is 5. The molecule has 0 heterocycles. The van der Waals surface area contributed by atoms with Crippen molar-refractivity contribution in [2.24, 2.45) is 0 Å². The van der Waals surface area contributed by atoms with Crippen molar-refractivity contribution in [3.05, 3.63) is 35.1 Å². The van der Waals surface area contributed by atoms with Crippen LogP contribution >= 0.6 is 0 Å². The van der Waals surface area contributed by atoms with Gasteiger partial charge in [-0.05, 0) is 37.0 Å². The number of hydrogen-bond acceptors (Lipinski definition) is 1. The third-order valence-corrected chi connectivity index (χ3v) is 2.82. The average molecular weight is 209 g/mol. The van der Waals surface area contributed by atoms with Crippen LogP contribution in [0, 0.1) is 12.7 Å². The molecule has 0 radical (unpaired) electrons. The molecule has 0 fully saturated rings. The summed E-state index contributed by atoms with van der Waals surface area (Å²) in [4.78, 5) is 0. The zero-order chi connectivity index (χ0) is 11.3. The number of aryl methyl sites for hydroxylation is 1. The van der Waals surface area contributed by atoms with Gasteiger partial charge in [0.25, 0.3) is 0 Å². The van der Waals surface area contributed by atoms with Crippen LogP contribution in [-0.4, -0.2) is 6.04 Å². The van der Waals surface area contributed by atoms with Gasteiger partial charge in [0, 0.05) is 12.6 Å². The Kier molecular flexibility index (Phi) is 4.76. The van der Waals surface area contributed by atoms with Gasteiger partial charge in [-0.3, -0.25) is 0 Å². The summed E-state index contributed by atoms with van der Waals surface area (Å²) < 4.78 is 13.2. The van der Waals surface area contributed by atoms with Crippen LogP contribution in [0.5, 0.6) is 0 Å². The highest BCUT2D eigenvalue weighted by atomic mass is 19.1. The first-order valence-corrected chi connectivity index (χ1v) is 5.65. The minimum Gasteiger partial charge on any atom is -0.310 e. The molecule has 0 amide bonds. The molecule has 0 bridgehead atoms. The minimum atomic E-state index is -0.112. The Morgan fingerprint density at radius 2 is 1.93 bits per heavy atom. The molecule has 0 aliphatic heterocycles. The van der Waals surface area contributed by atoms with E-state index in [-0.39, 0.29) is 5.82 Å². The lowest BCUT2D eigenvalue weighted by molar-refractivity contribution is 0.483. The maximum absolute atomic E-state index is 13.2. The zero-order valence-electron chi connectivity index (χ0n) is 9.81. The summed E-state index contributed by atoms with van der Waals surface area (Å²) in [7, 11) is 0. The molecular weight excluding hydrogens is 189 g/mol. The molecule has 1 nitrogen and oxygen atoms in total. The lowest BCUT2D eigenvalue weighted by Crippen LogP contribution is -2.27. The molecule has 0 unspecified atom stereocenters. The van der Waals surface area contributed by atoms with E-state index < -0.39 is 0 Å². The van der Waals surface area contributed by atoms with Crippen molar-refractivity contribution in [3.63, 3.8) is 0 Å². The molecule has 0 atom stereocenters. The predicted molar refractivity (Wildman–Crippen MR) is 62.3 cm³/mol. The van der Waals surface area contributed by atoms with E-state index in [1.165, 1.54) is 0 Å². The first-order valence-electron chi connectivity index (χ1n) is 5.65. The van der Waals surface area contributed by atoms with Crippen molar-refractivity contribution >= 4 is 0 Å².